The maximum atomic E-state index is 13.9. The highest BCUT2D eigenvalue weighted by molar-refractivity contribution is 9.10. The van der Waals surface area contributed by atoms with Crippen molar-refractivity contribution in [1.29, 1.82) is 0 Å². The molecule has 1 unspecified atom stereocenters. The van der Waals surface area contributed by atoms with E-state index in [1.54, 1.807) is 12.1 Å². The third-order valence-electron chi connectivity index (χ3n) is 3.20. The lowest BCUT2D eigenvalue weighted by atomic mass is 10.1. The largest absolute Gasteiger partial charge is 0.454 e. The molecule has 1 atom stereocenters. The van der Waals surface area contributed by atoms with Crippen LogP contribution in [0.2, 0.25) is 0 Å². The lowest BCUT2D eigenvalue weighted by Crippen LogP contribution is -2.19. The summed E-state index contributed by atoms with van der Waals surface area (Å²) in [5, 5.41) is 3.42. The van der Waals surface area contributed by atoms with Crippen molar-refractivity contribution in [3.05, 3.63) is 58.3 Å². The van der Waals surface area contributed by atoms with E-state index in [2.05, 4.69) is 35.1 Å². The molecule has 2 aromatic carbocycles. The molecule has 0 fully saturated rings. The van der Waals surface area contributed by atoms with Gasteiger partial charge in [0.15, 0.2) is 11.6 Å². The Balaban J connectivity index is 2.23. The molecule has 0 aromatic heterocycles. The molecule has 0 bridgehead atoms. The maximum Gasteiger partial charge on any atom is 0.166 e. The number of halogens is 2. The van der Waals surface area contributed by atoms with Gasteiger partial charge in [0.2, 0.25) is 0 Å². The fraction of sp³-hybridized carbons (Fsp3) is 0.294. The number of rotatable bonds is 6. The molecule has 4 heteroatoms. The van der Waals surface area contributed by atoms with Gasteiger partial charge in [-0.1, -0.05) is 41.1 Å². The van der Waals surface area contributed by atoms with E-state index in [9.17, 15) is 4.39 Å². The molecule has 0 heterocycles. The minimum Gasteiger partial charge on any atom is -0.454 e. The highest BCUT2D eigenvalue weighted by Crippen LogP contribution is 2.31. The second-order valence-electron chi connectivity index (χ2n) is 4.89. The van der Waals surface area contributed by atoms with Crippen LogP contribution in [0.4, 0.5) is 4.39 Å². The Kier molecular flexibility index (Phi) is 5.76. The van der Waals surface area contributed by atoms with Gasteiger partial charge in [-0.15, -0.1) is 0 Å². The van der Waals surface area contributed by atoms with E-state index in [4.69, 9.17) is 4.74 Å². The topological polar surface area (TPSA) is 21.3 Å². The molecule has 0 saturated heterocycles. The van der Waals surface area contributed by atoms with Gasteiger partial charge in [-0.05, 0) is 44.2 Å². The molecular formula is C17H19BrFNO. The highest BCUT2D eigenvalue weighted by atomic mass is 79.9. The molecule has 0 amide bonds. The minimum absolute atomic E-state index is 0.152. The summed E-state index contributed by atoms with van der Waals surface area (Å²) in [7, 11) is 0. The van der Waals surface area contributed by atoms with Gasteiger partial charge in [0.25, 0.3) is 0 Å². The summed E-state index contributed by atoms with van der Waals surface area (Å²) in [4.78, 5) is 0. The van der Waals surface area contributed by atoms with Crippen LogP contribution in [0.5, 0.6) is 11.5 Å². The van der Waals surface area contributed by atoms with Gasteiger partial charge in [-0.2, -0.15) is 0 Å². The summed E-state index contributed by atoms with van der Waals surface area (Å²) in [6.45, 7) is 5.14. The number of hydrogen-bond donors (Lipinski definition) is 1. The van der Waals surface area contributed by atoms with Gasteiger partial charge in [0, 0.05) is 16.1 Å². The molecule has 2 rings (SSSR count). The van der Waals surface area contributed by atoms with Crippen LogP contribution in [0.3, 0.4) is 0 Å². The summed E-state index contributed by atoms with van der Waals surface area (Å²) >= 11 is 3.24. The number of nitrogens with one attached hydrogen (secondary N) is 1. The third-order valence-corrected chi connectivity index (χ3v) is 3.69. The summed E-state index contributed by atoms with van der Waals surface area (Å²) < 4.78 is 20.4. The van der Waals surface area contributed by atoms with Crippen LogP contribution in [0.15, 0.2) is 46.9 Å². The lowest BCUT2D eigenvalue weighted by Gasteiger charge is -2.18. The van der Waals surface area contributed by atoms with Crippen LogP contribution in [-0.4, -0.2) is 6.54 Å². The zero-order valence-corrected chi connectivity index (χ0v) is 13.8. The molecule has 21 heavy (non-hydrogen) atoms. The summed E-state index contributed by atoms with van der Waals surface area (Å²) in [5.41, 5.74) is 1.02. The van der Waals surface area contributed by atoms with Gasteiger partial charge in [-0.3, -0.25) is 0 Å². The zero-order chi connectivity index (χ0) is 15.2. The number of hydrogen-bond acceptors (Lipinski definition) is 2. The Morgan fingerprint density at radius 2 is 1.95 bits per heavy atom. The number of para-hydroxylation sites is 1. The number of ether oxygens (including phenoxy) is 1. The second kappa shape index (κ2) is 7.57. The van der Waals surface area contributed by atoms with Gasteiger partial charge >= 0.3 is 0 Å². The van der Waals surface area contributed by atoms with Crippen LogP contribution < -0.4 is 10.1 Å². The SMILES string of the molecule is CCCNC(C)c1ccccc1Oc1ccc(Br)cc1F. The van der Waals surface area contributed by atoms with Gasteiger partial charge < -0.3 is 10.1 Å². The Bertz CT molecular complexity index is 603. The number of benzene rings is 2. The fourth-order valence-electron chi connectivity index (χ4n) is 2.08. The Morgan fingerprint density at radius 3 is 2.67 bits per heavy atom. The van der Waals surface area contributed by atoms with Crippen LogP contribution in [0, 0.1) is 5.82 Å². The van der Waals surface area contributed by atoms with Crippen LogP contribution in [0.1, 0.15) is 31.9 Å². The van der Waals surface area contributed by atoms with E-state index in [0.29, 0.717) is 10.2 Å². The molecule has 2 nitrogen and oxygen atoms in total. The Morgan fingerprint density at radius 1 is 1.19 bits per heavy atom. The molecule has 0 spiro atoms. The first-order chi connectivity index (χ1) is 10.1. The van der Waals surface area contributed by atoms with Gasteiger partial charge in [-0.25, -0.2) is 4.39 Å². The van der Waals surface area contributed by atoms with Crippen molar-refractivity contribution in [2.24, 2.45) is 0 Å². The van der Waals surface area contributed by atoms with Crippen LogP contribution in [0.25, 0.3) is 0 Å². The molecule has 0 aliphatic heterocycles. The second-order valence-corrected chi connectivity index (χ2v) is 5.81. The summed E-state index contributed by atoms with van der Waals surface area (Å²) in [6, 6.07) is 12.7. The van der Waals surface area contributed by atoms with Gasteiger partial charge in [0.05, 0.1) is 0 Å². The predicted molar refractivity (Wildman–Crippen MR) is 87.3 cm³/mol. The van der Waals surface area contributed by atoms with Crippen LogP contribution in [-0.2, 0) is 0 Å². The predicted octanol–water partition coefficient (Wildman–Crippen LogP) is 5.44. The first-order valence-electron chi connectivity index (χ1n) is 7.07. The molecule has 112 valence electrons. The van der Waals surface area contributed by atoms with Crippen molar-refractivity contribution in [2.75, 3.05) is 6.54 Å². The smallest absolute Gasteiger partial charge is 0.166 e. The summed E-state index contributed by atoms with van der Waals surface area (Å²) in [5.74, 6) is 0.525. The normalized spacial score (nSPS) is 12.2. The Labute approximate surface area is 133 Å². The zero-order valence-electron chi connectivity index (χ0n) is 12.2. The van der Waals surface area contributed by atoms with Gasteiger partial charge in [0.1, 0.15) is 5.75 Å². The monoisotopic (exact) mass is 351 g/mol. The fourth-order valence-corrected chi connectivity index (χ4v) is 2.41. The maximum absolute atomic E-state index is 13.9. The van der Waals surface area contributed by atoms with Crippen molar-refractivity contribution >= 4 is 15.9 Å². The highest BCUT2D eigenvalue weighted by Gasteiger charge is 2.13. The third kappa shape index (κ3) is 4.29. The summed E-state index contributed by atoms with van der Waals surface area (Å²) in [6.07, 6.45) is 1.06. The van der Waals surface area contributed by atoms with E-state index in [1.165, 1.54) is 6.07 Å². The van der Waals surface area contributed by atoms with E-state index in [0.717, 1.165) is 18.5 Å². The van der Waals surface area contributed by atoms with Crippen molar-refractivity contribution in [2.45, 2.75) is 26.3 Å². The van der Waals surface area contributed by atoms with Crippen molar-refractivity contribution < 1.29 is 9.13 Å². The molecule has 0 radical (unpaired) electrons. The minimum atomic E-state index is -0.381. The van der Waals surface area contributed by atoms with E-state index in [-0.39, 0.29) is 17.6 Å². The molecule has 0 aliphatic carbocycles. The van der Waals surface area contributed by atoms with Crippen LogP contribution >= 0.6 is 15.9 Å². The van der Waals surface area contributed by atoms with Crippen molar-refractivity contribution in [1.82, 2.24) is 5.32 Å². The lowest BCUT2D eigenvalue weighted by molar-refractivity contribution is 0.429. The average Bonchev–Trinajstić information content (AvgIpc) is 2.48. The molecular weight excluding hydrogens is 333 g/mol. The van der Waals surface area contributed by atoms with E-state index < -0.39 is 0 Å². The molecule has 1 N–H and O–H groups in total. The van der Waals surface area contributed by atoms with E-state index >= 15 is 0 Å². The van der Waals surface area contributed by atoms with Crippen molar-refractivity contribution in [3.63, 3.8) is 0 Å². The average molecular weight is 352 g/mol. The quantitative estimate of drug-likeness (QED) is 0.747. The van der Waals surface area contributed by atoms with E-state index in [1.807, 2.05) is 24.3 Å². The first kappa shape index (κ1) is 16.0. The molecule has 0 aliphatic rings. The Hall–Kier alpha value is -1.39. The molecule has 2 aromatic rings. The van der Waals surface area contributed by atoms with Crippen molar-refractivity contribution in [3.8, 4) is 11.5 Å². The standard InChI is InChI=1S/C17H19BrFNO/c1-3-10-20-12(2)14-6-4-5-7-16(14)21-17-9-8-13(18)11-15(17)19/h4-9,11-12,20H,3,10H2,1-2H3. The first-order valence-corrected chi connectivity index (χ1v) is 7.86. The molecule has 0 saturated carbocycles.